The summed E-state index contributed by atoms with van der Waals surface area (Å²) in [5.41, 5.74) is 3.61. The number of hydrogen-bond acceptors (Lipinski definition) is 3. The smallest absolute Gasteiger partial charge is 0.271 e. The minimum Gasteiger partial charge on any atom is -0.507 e. The Kier molecular flexibility index (Phi) is 5.09. The molecule has 1 heterocycles. The molecule has 3 rings (SSSR count). The third kappa shape index (κ3) is 3.96. The van der Waals surface area contributed by atoms with Crippen LogP contribution in [0.4, 0.5) is 0 Å². The molecule has 0 spiro atoms. The van der Waals surface area contributed by atoms with E-state index in [1.54, 1.807) is 12.1 Å². The summed E-state index contributed by atoms with van der Waals surface area (Å²) in [7, 11) is 0. The van der Waals surface area contributed by atoms with Crippen LogP contribution in [0.3, 0.4) is 0 Å². The Morgan fingerprint density at radius 1 is 0.964 bits per heavy atom. The van der Waals surface area contributed by atoms with Crippen molar-refractivity contribution in [3.05, 3.63) is 64.0 Å². The minimum absolute atomic E-state index is 0.146. The van der Waals surface area contributed by atoms with E-state index in [9.17, 15) is 9.90 Å². The first-order valence-electron chi connectivity index (χ1n) is 9.84. The van der Waals surface area contributed by atoms with Crippen LogP contribution in [0, 0.1) is 0 Å². The first kappa shape index (κ1) is 20.1. The van der Waals surface area contributed by atoms with Gasteiger partial charge in [0.05, 0.1) is 11.4 Å². The zero-order valence-corrected chi connectivity index (χ0v) is 17.7. The van der Waals surface area contributed by atoms with Crippen molar-refractivity contribution in [2.45, 2.75) is 65.2 Å². The van der Waals surface area contributed by atoms with E-state index < -0.39 is 0 Å². The average molecular weight is 379 g/mol. The van der Waals surface area contributed by atoms with Gasteiger partial charge < -0.3 is 5.11 Å². The summed E-state index contributed by atoms with van der Waals surface area (Å²) in [6, 6.07) is 7.31. The molecule has 4 nitrogen and oxygen atoms in total. The molecule has 1 aliphatic rings. The maximum absolute atomic E-state index is 12.4. The fourth-order valence-electron chi connectivity index (χ4n) is 3.43. The van der Waals surface area contributed by atoms with E-state index >= 15 is 0 Å². The maximum Gasteiger partial charge on any atom is 0.271 e. The molecule has 0 fully saturated rings. The molecule has 0 amide bonds. The molecule has 0 saturated carbocycles. The highest BCUT2D eigenvalue weighted by Gasteiger charge is 2.27. The summed E-state index contributed by atoms with van der Waals surface area (Å²) >= 11 is 0. The Hall–Kier alpha value is -2.62. The van der Waals surface area contributed by atoms with E-state index in [0.29, 0.717) is 5.75 Å². The number of aromatic nitrogens is 2. The molecule has 1 aromatic carbocycles. The van der Waals surface area contributed by atoms with Gasteiger partial charge in [0.1, 0.15) is 5.75 Å². The highest BCUT2D eigenvalue weighted by Crippen LogP contribution is 2.41. The standard InChI is InChI=1S/C24H30N2O2/c1-23(2,3)18-14-16(15-19(22(18)28)24(4,5)6)20-12-13-21(27)26(25-20)17-10-8-7-9-11-17/h8,10-15,28H,7,9H2,1-6H3. The predicted molar refractivity (Wildman–Crippen MR) is 116 cm³/mol. The van der Waals surface area contributed by atoms with Crippen LogP contribution >= 0.6 is 0 Å². The Morgan fingerprint density at radius 2 is 1.57 bits per heavy atom. The van der Waals surface area contributed by atoms with Gasteiger partial charge >= 0.3 is 0 Å². The second-order valence-electron chi connectivity index (χ2n) is 9.50. The third-order valence-corrected chi connectivity index (χ3v) is 5.04. The SMILES string of the molecule is CC(C)(C)c1cc(-c2ccc(=O)n(C3=CCCC=C3)n2)cc(C(C)(C)C)c1O. The summed E-state index contributed by atoms with van der Waals surface area (Å²) < 4.78 is 1.46. The van der Waals surface area contributed by atoms with Gasteiger partial charge in [-0.3, -0.25) is 4.79 Å². The number of phenolic OH excluding ortho intramolecular Hbond substituents is 1. The zero-order valence-electron chi connectivity index (χ0n) is 17.7. The number of hydrogen-bond donors (Lipinski definition) is 1. The molecule has 2 aromatic rings. The van der Waals surface area contributed by atoms with E-state index in [1.807, 2.05) is 24.3 Å². The summed E-state index contributed by atoms with van der Waals surface area (Å²) in [5, 5.41) is 15.6. The molecule has 0 radical (unpaired) electrons. The molecule has 28 heavy (non-hydrogen) atoms. The quantitative estimate of drug-likeness (QED) is 0.761. The largest absolute Gasteiger partial charge is 0.507 e. The molecular weight excluding hydrogens is 348 g/mol. The topological polar surface area (TPSA) is 55.1 Å². The van der Waals surface area contributed by atoms with Crippen molar-refractivity contribution in [3.63, 3.8) is 0 Å². The van der Waals surface area contributed by atoms with Crippen molar-refractivity contribution < 1.29 is 5.11 Å². The van der Waals surface area contributed by atoms with Crippen LogP contribution in [0.2, 0.25) is 0 Å². The van der Waals surface area contributed by atoms with Gasteiger partial charge in [0, 0.05) is 22.8 Å². The highest BCUT2D eigenvalue weighted by atomic mass is 16.3. The molecule has 1 aromatic heterocycles. The predicted octanol–water partition coefficient (Wildman–Crippen LogP) is 5.40. The fraction of sp³-hybridized carbons (Fsp3) is 0.417. The molecule has 0 aliphatic heterocycles. The van der Waals surface area contributed by atoms with E-state index in [0.717, 1.165) is 40.9 Å². The summed E-state index contributed by atoms with van der Waals surface area (Å²) in [5.74, 6) is 0.343. The lowest BCUT2D eigenvalue weighted by Crippen LogP contribution is -2.22. The summed E-state index contributed by atoms with van der Waals surface area (Å²) in [6.45, 7) is 12.5. The van der Waals surface area contributed by atoms with Gasteiger partial charge in [0.15, 0.2) is 0 Å². The lowest BCUT2D eigenvalue weighted by Gasteiger charge is -2.28. The molecular formula is C24H30N2O2. The van der Waals surface area contributed by atoms with Crippen LogP contribution in [0.25, 0.3) is 17.0 Å². The third-order valence-electron chi connectivity index (χ3n) is 5.04. The molecule has 0 bridgehead atoms. The van der Waals surface area contributed by atoms with Crippen LogP contribution in [-0.2, 0) is 10.8 Å². The normalized spacial score (nSPS) is 14.9. The Labute approximate surface area is 167 Å². The van der Waals surface area contributed by atoms with Gasteiger partial charge in [0.25, 0.3) is 5.56 Å². The molecule has 0 atom stereocenters. The van der Waals surface area contributed by atoms with E-state index in [-0.39, 0.29) is 16.4 Å². The van der Waals surface area contributed by atoms with Crippen LogP contribution in [0.15, 0.2) is 47.3 Å². The number of rotatable bonds is 2. The number of nitrogens with zero attached hydrogens (tertiary/aromatic N) is 2. The van der Waals surface area contributed by atoms with Crippen molar-refractivity contribution in [1.82, 2.24) is 9.78 Å². The summed E-state index contributed by atoms with van der Waals surface area (Å²) in [6.07, 6.45) is 7.94. The molecule has 1 aliphatic carbocycles. The monoisotopic (exact) mass is 378 g/mol. The Bertz CT molecular complexity index is 977. The van der Waals surface area contributed by atoms with Gasteiger partial charge in [-0.25, -0.2) is 0 Å². The highest BCUT2D eigenvalue weighted by molar-refractivity contribution is 5.67. The van der Waals surface area contributed by atoms with Crippen LogP contribution in [0.1, 0.15) is 65.5 Å². The molecule has 1 N–H and O–H groups in total. The Balaban J connectivity index is 2.23. The molecule has 0 saturated heterocycles. The van der Waals surface area contributed by atoms with Gasteiger partial charge in [-0.15, -0.1) is 0 Å². The van der Waals surface area contributed by atoms with Crippen molar-refractivity contribution in [2.75, 3.05) is 0 Å². The van der Waals surface area contributed by atoms with Gasteiger partial charge in [-0.2, -0.15) is 9.78 Å². The number of allylic oxidation sites excluding steroid dienone is 4. The first-order valence-corrected chi connectivity index (χ1v) is 9.84. The zero-order chi connectivity index (χ0) is 20.7. The lowest BCUT2D eigenvalue weighted by molar-refractivity contribution is 0.423. The molecule has 0 unspecified atom stereocenters. The lowest BCUT2D eigenvalue weighted by atomic mass is 9.78. The maximum atomic E-state index is 12.4. The Morgan fingerprint density at radius 3 is 2.07 bits per heavy atom. The van der Waals surface area contributed by atoms with Crippen LogP contribution in [-0.4, -0.2) is 14.9 Å². The van der Waals surface area contributed by atoms with E-state index in [2.05, 4.69) is 52.7 Å². The first-order chi connectivity index (χ1) is 13.0. The van der Waals surface area contributed by atoms with Crippen molar-refractivity contribution in [3.8, 4) is 17.0 Å². The van der Waals surface area contributed by atoms with Gasteiger partial charge in [-0.05, 0) is 47.9 Å². The molecule has 4 heteroatoms. The van der Waals surface area contributed by atoms with Crippen LogP contribution in [0.5, 0.6) is 5.75 Å². The van der Waals surface area contributed by atoms with E-state index in [4.69, 9.17) is 0 Å². The second-order valence-corrected chi connectivity index (χ2v) is 9.50. The van der Waals surface area contributed by atoms with Crippen molar-refractivity contribution in [2.24, 2.45) is 0 Å². The number of phenols is 1. The fourth-order valence-corrected chi connectivity index (χ4v) is 3.43. The average Bonchev–Trinajstić information content (AvgIpc) is 2.61. The van der Waals surface area contributed by atoms with E-state index in [1.165, 1.54) is 4.68 Å². The summed E-state index contributed by atoms with van der Waals surface area (Å²) in [4.78, 5) is 12.4. The van der Waals surface area contributed by atoms with Gasteiger partial charge in [-0.1, -0.05) is 53.7 Å². The number of aromatic hydroxyl groups is 1. The van der Waals surface area contributed by atoms with Crippen LogP contribution < -0.4 is 5.56 Å². The second kappa shape index (κ2) is 7.08. The van der Waals surface area contributed by atoms with Crippen molar-refractivity contribution in [1.29, 1.82) is 0 Å². The van der Waals surface area contributed by atoms with Crippen molar-refractivity contribution >= 4 is 5.70 Å². The molecule has 148 valence electrons. The minimum atomic E-state index is -0.219. The van der Waals surface area contributed by atoms with Gasteiger partial charge in [0.2, 0.25) is 0 Å². The number of benzene rings is 1.